The summed E-state index contributed by atoms with van der Waals surface area (Å²) in [5, 5.41) is 20.6. The van der Waals surface area contributed by atoms with Crippen LogP contribution < -0.4 is 10.2 Å². The first kappa shape index (κ1) is 24.4. The molecule has 2 N–H and O–H groups in total. The number of unbranched alkanes of at least 4 members (excludes halogenated alkanes) is 7. The molecule has 0 saturated heterocycles. The van der Waals surface area contributed by atoms with E-state index in [0.29, 0.717) is 12.2 Å². The maximum atomic E-state index is 13.2. The van der Waals surface area contributed by atoms with E-state index in [1.807, 2.05) is 0 Å². The van der Waals surface area contributed by atoms with Gasteiger partial charge in [0.25, 0.3) is 0 Å². The highest BCUT2D eigenvalue weighted by atomic mass is 16.5. The van der Waals surface area contributed by atoms with Gasteiger partial charge in [-0.3, -0.25) is 4.79 Å². The van der Waals surface area contributed by atoms with Crippen molar-refractivity contribution in [3.8, 4) is 28.6 Å². The molecule has 0 aliphatic rings. The number of ether oxygens (including phenoxy) is 1. The number of phenolic OH excluding ortho intramolecular Hbond substituents is 2. The molecule has 2 aromatic carbocycles. The maximum Gasteiger partial charge on any atom is 0.239 e. The lowest BCUT2D eigenvalue weighted by Gasteiger charge is -2.13. The zero-order valence-corrected chi connectivity index (χ0v) is 19.4. The monoisotopic (exact) mass is 450 g/mol. The van der Waals surface area contributed by atoms with Crippen molar-refractivity contribution in [2.24, 2.45) is 0 Å². The first-order valence-electron chi connectivity index (χ1n) is 12.0. The second-order valence-corrected chi connectivity index (χ2v) is 8.28. The Kier molecular flexibility index (Phi) is 9.43. The second kappa shape index (κ2) is 12.7. The van der Waals surface area contributed by atoms with Crippen LogP contribution in [0, 0.1) is 0 Å². The van der Waals surface area contributed by atoms with Crippen LogP contribution in [0.4, 0.5) is 0 Å². The first-order valence-corrected chi connectivity index (χ1v) is 12.0. The average Bonchev–Trinajstić information content (AvgIpc) is 2.81. The third-order valence-corrected chi connectivity index (χ3v) is 5.66. The minimum atomic E-state index is -0.444. The summed E-state index contributed by atoms with van der Waals surface area (Å²) in [5.41, 5.74) is 0.176. The molecule has 0 saturated carbocycles. The van der Waals surface area contributed by atoms with Gasteiger partial charge < -0.3 is 19.4 Å². The number of fused-ring (bicyclic) bond motifs is 1. The van der Waals surface area contributed by atoms with Crippen LogP contribution in [0.2, 0.25) is 0 Å². The fourth-order valence-corrected chi connectivity index (χ4v) is 3.82. The van der Waals surface area contributed by atoms with Crippen molar-refractivity contribution in [2.45, 2.75) is 64.7 Å². The van der Waals surface area contributed by atoms with Crippen molar-refractivity contribution in [3.63, 3.8) is 0 Å². The van der Waals surface area contributed by atoms with E-state index in [9.17, 15) is 15.0 Å². The van der Waals surface area contributed by atoms with Crippen molar-refractivity contribution in [2.75, 3.05) is 6.61 Å². The molecule has 1 aromatic heterocycles. The van der Waals surface area contributed by atoms with Gasteiger partial charge in [-0.2, -0.15) is 0 Å². The largest absolute Gasteiger partial charge is 0.507 e. The van der Waals surface area contributed by atoms with Gasteiger partial charge in [-0.15, -0.1) is 0 Å². The Morgan fingerprint density at radius 2 is 1.55 bits per heavy atom. The zero-order chi connectivity index (χ0) is 23.5. The summed E-state index contributed by atoms with van der Waals surface area (Å²) in [7, 11) is 0. The third-order valence-electron chi connectivity index (χ3n) is 5.66. The highest BCUT2D eigenvalue weighted by Gasteiger charge is 2.21. The van der Waals surface area contributed by atoms with Gasteiger partial charge >= 0.3 is 0 Å². The van der Waals surface area contributed by atoms with Gasteiger partial charge in [0.15, 0.2) is 5.76 Å². The summed E-state index contributed by atoms with van der Waals surface area (Å²) in [5.74, 6) is 0.0235. The van der Waals surface area contributed by atoms with Gasteiger partial charge in [0, 0.05) is 0 Å². The Morgan fingerprint density at radius 3 is 2.30 bits per heavy atom. The van der Waals surface area contributed by atoms with Gasteiger partial charge in [-0.05, 0) is 56.4 Å². The molecule has 0 aliphatic heterocycles. The summed E-state index contributed by atoms with van der Waals surface area (Å²) >= 11 is 0. The Bertz CT molecular complexity index is 1110. The average molecular weight is 451 g/mol. The maximum absolute atomic E-state index is 13.2. The number of aromatic hydroxyl groups is 2. The van der Waals surface area contributed by atoms with Crippen molar-refractivity contribution < 1.29 is 19.4 Å². The van der Waals surface area contributed by atoms with Gasteiger partial charge in [0.2, 0.25) is 11.2 Å². The van der Waals surface area contributed by atoms with E-state index >= 15 is 0 Å². The molecule has 0 unspecified atom stereocenters. The topological polar surface area (TPSA) is 79.9 Å². The molecule has 176 valence electrons. The van der Waals surface area contributed by atoms with E-state index in [1.165, 1.54) is 37.8 Å². The lowest BCUT2D eigenvalue weighted by molar-refractivity contribution is 0.296. The highest BCUT2D eigenvalue weighted by Crippen LogP contribution is 2.37. The van der Waals surface area contributed by atoms with E-state index in [4.69, 9.17) is 9.15 Å². The summed E-state index contributed by atoms with van der Waals surface area (Å²) in [6.45, 7) is 2.58. The molecule has 3 rings (SSSR count). The number of benzene rings is 2. The lowest BCUT2D eigenvalue weighted by atomic mass is 10.1. The van der Waals surface area contributed by atoms with Gasteiger partial charge in [0.1, 0.15) is 22.5 Å². The van der Waals surface area contributed by atoms with Crippen molar-refractivity contribution in [1.82, 2.24) is 0 Å². The molecule has 0 radical (unpaired) electrons. The Labute approximate surface area is 195 Å². The van der Waals surface area contributed by atoms with Crippen LogP contribution in [0.15, 0.2) is 63.8 Å². The minimum absolute atomic E-state index is 0.00671. The number of hydrogen-bond donors (Lipinski definition) is 2. The molecule has 1 heterocycles. The molecule has 33 heavy (non-hydrogen) atoms. The van der Waals surface area contributed by atoms with E-state index in [1.54, 1.807) is 30.3 Å². The van der Waals surface area contributed by atoms with Crippen LogP contribution in [0.5, 0.6) is 17.2 Å². The summed E-state index contributed by atoms with van der Waals surface area (Å²) in [6, 6.07) is 11.3. The number of rotatable bonds is 13. The van der Waals surface area contributed by atoms with Crippen molar-refractivity contribution in [1.29, 1.82) is 0 Å². The molecule has 0 bridgehead atoms. The molecule has 0 spiro atoms. The number of phenols is 2. The second-order valence-electron chi connectivity index (χ2n) is 8.28. The standard InChI is InChI=1S/C28H34O5/c1-2-3-4-5-6-7-8-9-10-11-14-20-32-28-26(31)25-23(30)18-15-19-24(25)33-27(28)21-16-12-13-17-22(21)29/h6-7,12-13,15-19,29-30H,2-5,8-11,14,20H2,1H3. The number of para-hydroxylation sites is 1. The van der Waals surface area contributed by atoms with Gasteiger partial charge in [0.05, 0.1) is 12.2 Å². The molecule has 0 atom stereocenters. The van der Waals surface area contributed by atoms with E-state index < -0.39 is 5.43 Å². The molecule has 5 heteroatoms. The molecular weight excluding hydrogens is 416 g/mol. The minimum Gasteiger partial charge on any atom is -0.507 e. The summed E-state index contributed by atoms with van der Waals surface area (Å²) in [4.78, 5) is 13.2. The van der Waals surface area contributed by atoms with Gasteiger partial charge in [-0.25, -0.2) is 0 Å². The zero-order valence-electron chi connectivity index (χ0n) is 19.4. The van der Waals surface area contributed by atoms with Crippen LogP contribution in [0.3, 0.4) is 0 Å². The van der Waals surface area contributed by atoms with E-state index in [2.05, 4.69) is 19.1 Å². The van der Waals surface area contributed by atoms with Crippen LogP contribution in [-0.2, 0) is 0 Å². The number of hydrogen-bond acceptors (Lipinski definition) is 5. The quantitative estimate of drug-likeness (QED) is 0.210. The normalized spacial score (nSPS) is 11.4. The Hall–Kier alpha value is -3.21. The van der Waals surface area contributed by atoms with Gasteiger partial charge in [-0.1, -0.05) is 63.0 Å². The van der Waals surface area contributed by atoms with Crippen LogP contribution in [0.25, 0.3) is 22.3 Å². The lowest BCUT2D eigenvalue weighted by Crippen LogP contribution is -2.11. The first-order chi connectivity index (χ1) is 16.1. The summed E-state index contributed by atoms with van der Waals surface area (Å²) in [6.07, 6.45) is 14.7. The third kappa shape index (κ3) is 6.64. The predicted octanol–water partition coefficient (Wildman–Crippen LogP) is 7.34. The predicted molar refractivity (Wildman–Crippen MR) is 133 cm³/mol. The Morgan fingerprint density at radius 1 is 0.848 bits per heavy atom. The van der Waals surface area contributed by atoms with Crippen molar-refractivity contribution in [3.05, 3.63) is 64.8 Å². The van der Waals surface area contributed by atoms with E-state index in [-0.39, 0.29) is 34.0 Å². The molecule has 0 aliphatic carbocycles. The molecule has 5 nitrogen and oxygen atoms in total. The van der Waals surface area contributed by atoms with Crippen LogP contribution >= 0.6 is 0 Å². The fourth-order valence-electron chi connectivity index (χ4n) is 3.82. The smallest absolute Gasteiger partial charge is 0.239 e. The number of allylic oxidation sites excluding steroid dienone is 2. The Balaban J connectivity index is 1.62. The SMILES string of the molecule is CCCCCC=CCCCCCCOc1c(-c2ccccc2O)oc2cccc(O)c2c1=O. The molecule has 0 fully saturated rings. The van der Waals surface area contributed by atoms with E-state index in [0.717, 1.165) is 32.1 Å². The highest BCUT2D eigenvalue weighted by molar-refractivity contribution is 5.87. The summed E-state index contributed by atoms with van der Waals surface area (Å²) < 4.78 is 11.8. The fraction of sp³-hybridized carbons (Fsp3) is 0.393. The molecule has 3 aromatic rings. The van der Waals surface area contributed by atoms with Crippen molar-refractivity contribution >= 4 is 11.0 Å². The molecule has 0 amide bonds. The van der Waals surface area contributed by atoms with Crippen LogP contribution in [-0.4, -0.2) is 16.8 Å². The molecular formula is C28H34O5. The van der Waals surface area contributed by atoms with Crippen LogP contribution in [0.1, 0.15) is 64.7 Å².